The Morgan fingerprint density at radius 2 is 2.16 bits per heavy atom. The SMILES string of the molecule is COc1ccccc1CN(CCC(=O)NCC1CCCO1)S(C)(=O)=O. The number of sulfonamides is 1. The van der Waals surface area contributed by atoms with Gasteiger partial charge in [-0.05, 0) is 18.9 Å². The number of nitrogens with zero attached hydrogens (tertiary/aromatic N) is 1. The van der Waals surface area contributed by atoms with Crippen LogP contribution in [-0.4, -0.2) is 57.8 Å². The first-order valence-electron chi connectivity index (χ1n) is 8.35. The molecule has 1 amide bonds. The molecule has 1 aliphatic heterocycles. The van der Waals surface area contributed by atoms with Crippen LogP contribution in [0.5, 0.6) is 5.75 Å². The molecule has 140 valence electrons. The molecule has 25 heavy (non-hydrogen) atoms. The Hall–Kier alpha value is -1.64. The predicted molar refractivity (Wildman–Crippen MR) is 94.8 cm³/mol. The number of hydrogen-bond donors (Lipinski definition) is 1. The molecule has 1 aromatic carbocycles. The third-order valence-corrected chi connectivity index (χ3v) is 5.40. The lowest BCUT2D eigenvalue weighted by Crippen LogP contribution is -2.36. The third-order valence-electron chi connectivity index (χ3n) is 4.15. The van der Waals surface area contributed by atoms with E-state index in [1.54, 1.807) is 13.2 Å². The quantitative estimate of drug-likeness (QED) is 0.705. The summed E-state index contributed by atoms with van der Waals surface area (Å²) in [6.45, 7) is 1.50. The number of para-hydroxylation sites is 1. The van der Waals surface area contributed by atoms with Gasteiger partial charge in [0.05, 0.1) is 19.5 Å². The Morgan fingerprint density at radius 1 is 1.40 bits per heavy atom. The van der Waals surface area contributed by atoms with E-state index in [0.717, 1.165) is 31.3 Å². The second kappa shape index (κ2) is 9.17. The summed E-state index contributed by atoms with van der Waals surface area (Å²) in [6, 6.07) is 7.25. The Bertz CT molecular complexity index is 671. The molecule has 0 bridgehead atoms. The summed E-state index contributed by atoms with van der Waals surface area (Å²) in [6.07, 6.45) is 3.29. The monoisotopic (exact) mass is 370 g/mol. The lowest BCUT2D eigenvalue weighted by molar-refractivity contribution is -0.121. The van der Waals surface area contributed by atoms with Crippen molar-refractivity contribution in [2.24, 2.45) is 0 Å². The molecule has 1 aliphatic rings. The highest BCUT2D eigenvalue weighted by atomic mass is 32.2. The van der Waals surface area contributed by atoms with E-state index in [2.05, 4.69) is 5.32 Å². The van der Waals surface area contributed by atoms with Gasteiger partial charge in [-0.15, -0.1) is 0 Å². The highest BCUT2D eigenvalue weighted by molar-refractivity contribution is 7.88. The number of ether oxygens (including phenoxy) is 2. The Kier molecular flexibility index (Phi) is 7.22. The van der Waals surface area contributed by atoms with Crippen molar-refractivity contribution in [3.8, 4) is 5.75 Å². The number of hydrogen-bond acceptors (Lipinski definition) is 5. The van der Waals surface area contributed by atoms with Gasteiger partial charge in [0, 0.05) is 38.2 Å². The maximum atomic E-state index is 12.0. The van der Waals surface area contributed by atoms with Crippen LogP contribution in [-0.2, 0) is 26.1 Å². The van der Waals surface area contributed by atoms with E-state index in [4.69, 9.17) is 9.47 Å². The summed E-state index contributed by atoms with van der Waals surface area (Å²) in [5.74, 6) is 0.447. The number of benzene rings is 1. The number of carbonyl (C=O) groups excluding carboxylic acids is 1. The van der Waals surface area contributed by atoms with Crippen molar-refractivity contribution >= 4 is 15.9 Å². The number of amides is 1. The molecule has 0 spiro atoms. The smallest absolute Gasteiger partial charge is 0.221 e. The van der Waals surface area contributed by atoms with Crippen LogP contribution in [0.25, 0.3) is 0 Å². The average Bonchev–Trinajstić information content (AvgIpc) is 3.09. The number of carbonyl (C=O) groups is 1. The lowest BCUT2D eigenvalue weighted by atomic mass is 10.2. The first-order valence-corrected chi connectivity index (χ1v) is 10.2. The fourth-order valence-electron chi connectivity index (χ4n) is 2.73. The van der Waals surface area contributed by atoms with Crippen molar-refractivity contribution < 1.29 is 22.7 Å². The zero-order valence-electron chi connectivity index (χ0n) is 14.7. The fraction of sp³-hybridized carbons (Fsp3) is 0.588. The molecule has 1 heterocycles. The lowest BCUT2D eigenvalue weighted by Gasteiger charge is -2.21. The van der Waals surface area contributed by atoms with Gasteiger partial charge in [0.15, 0.2) is 0 Å². The molecule has 1 N–H and O–H groups in total. The van der Waals surface area contributed by atoms with Gasteiger partial charge in [-0.25, -0.2) is 8.42 Å². The minimum atomic E-state index is -3.44. The molecule has 8 heteroatoms. The van der Waals surface area contributed by atoms with Crippen LogP contribution >= 0.6 is 0 Å². The van der Waals surface area contributed by atoms with E-state index in [1.807, 2.05) is 18.2 Å². The summed E-state index contributed by atoms with van der Waals surface area (Å²) < 4.78 is 36.1. The summed E-state index contributed by atoms with van der Waals surface area (Å²) in [4.78, 5) is 12.0. The third kappa shape index (κ3) is 6.30. The maximum Gasteiger partial charge on any atom is 0.221 e. The molecule has 0 aliphatic carbocycles. The Balaban J connectivity index is 1.90. The van der Waals surface area contributed by atoms with Crippen LogP contribution in [0.2, 0.25) is 0 Å². The van der Waals surface area contributed by atoms with E-state index >= 15 is 0 Å². The van der Waals surface area contributed by atoms with Gasteiger partial charge in [0.25, 0.3) is 0 Å². The number of rotatable bonds is 9. The number of nitrogens with one attached hydrogen (secondary N) is 1. The van der Waals surface area contributed by atoms with E-state index in [0.29, 0.717) is 12.3 Å². The van der Waals surface area contributed by atoms with Gasteiger partial charge in [-0.2, -0.15) is 4.31 Å². The first kappa shape index (κ1) is 19.7. The Morgan fingerprint density at radius 3 is 2.80 bits per heavy atom. The van der Waals surface area contributed by atoms with Gasteiger partial charge in [0.1, 0.15) is 5.75 Å². The zero-order chi connectivity index (χ0) is 18.3. The van der Waals surface area contributed by atoms with Gasteiger partial charge in [-0.1, -0.05) is 18.2 Å². The largest absolute Gasteiger partial charge is 0.496 e. The van der Waals surface area contributed by atoms with Crippen LogP contribution in [0.1, 0.15) is 24.8 Å². The topological polar surface area (TPSA) is 84.9 Å². The number of methoxy groups -OCH3 is 1. The highest BCUT2D eigenvalue weighted by Gasteiger charge is 2.21. The van der Waals surface area contributed by atoms with Crippen molar-refractivity contribution in [3.05, 3.63) is 29.8 Å². The molecule has 1 aromatic rings. The van der Waals surface area contributed by atoms with Gasteiger partial charge in [0.2, 0.25) is 15.9 Å². The predicted octanol–water partition coefficient (Wildman–Crippen LogP) is 1.14. The molecule has 0 saturated carbocycles. The van der Waals surface area contributed by atoms with Crippen molar-refractivity contribution in [2.45, 2.75) is 31.9 Å². The minimum Gasteiger partial charge on any atom is -0.496 e. The zero-order valence-corrected chi connectivity index (χ0v) is 15.5. The molecule has 1 unspecified atom stereocenters. The van der Waals surface area contributed by atoms with E-state index < -0.39 is 10.0 Å². The van der Waals surface area contributed by atoms with E-state index in [-0.39, 0.29) is 31.5 Å². The van der Waals surface area contributed by atoms with Crippen LogP contribution in [0, 0.1) is 0 Å². The molecule has 0 radical (unpaired) electrons. The van der Waals surface area contributed by atoms with E-state index in [9.17, 15) is 13.2 Å². The minimum absolute atomic E-state index is 0.0727. The molecule has 1 fully saturated rings. The molecular formula is C17H26N2O5S. The molecule has 1 saturated heterocycles. The Labute approximate surface area is 149 Å². The van der Waals surface area contributed by atoms with Gasteiger partial charge >= 0.3 is 0 Å². The van der Waals surface area contributed by atoms with Crippen molar-refractivity contribution in [1.82, 2.24) is 9.62 Å². The van der Waals surface area contributed by atoms with Crippen LogP contribution in [0.3, 0.4) is 0 Å². The van der Waals surface area contributed by atoms with Gasteiger partial charge < -0.3 is 14.8 Å². The molecule has 0 aromatic heterocycles. The molecular weight excluding hydrogens is 344 g/mol. The van der Waals surface area contributed by atoms with Crippen LogP contribution in [0.4, 0.5) is 0 Å². The summed E-state index contributed by atoms with van der Waals surface area (Å²) >= 11 is 0. The fourth-order valence-corrected chi connectivity index (χ4v) is 3.53. The first-order chi connectivity index (χ1) is 11.9. The van der Waals surface area contributed by atoms with Crippen LogP contribution < -0.4 is 10.1 Å². The standard InChI is InChI=1S/C17H26N2O5S/c1-23-16-8-4-3-6-14(16)13-19(25(2,21)22)10-9-17(20)18-12-15-7-5-11-24-15/h3-4,6,8,15H,5,7,9-13H2,1-2H3,(H,18,20). The summed E-state index contributed by atoms with van der Waals surface area (Å²) in [5, 5.41) is 2.81. The van der Waals surface area contributed by atoms with E-state index in [1.165, 1.54) is 4.31 Å². The molecule has 7 nitrogen and oxygen atoms in total. The van der Waals surface area contributed by atoms with Crippen LogP contribution in [0.15, 0.2) is 24.3 Å². The van der Waals surface area contributed by atoms with Crippen molar-refractivity contribution in [1.29, 1.82) is 0 Å². The molecule has 1 atom stereocenters. The maximum absolute atomic E-state index is 12.0. The normalized spacial score (nSPS) is 17.6. The van der Waals surface area contributed by atoms with Gasteiger partial charge in [-0.3, -0.25) is 4.79 Å². The average molecular weight is 370 g/mol. The molecule has 2 rings (SSSR count). The summed E-state index contributed by atoms with van der Waals surface area (Å²) in [5.41, 5.74) is 0.759. The second-order valence-corrected chi connectivity index (χ2v) is 8.08. The summed E-state index contributed by atoms with van der Waals surface area (Å²) in [7, 11) is -1.90. The highest BCUT2D eigenvalue weighted by Crippen LogP contribution is 2.20. The van der Waals surface area contributed by atoms with Crippen molar-refractivity contribution in [3.63, 3.8) is 0 Å². The van der Waals surface area contributed by atoms with Crippen molar-refractivity contribution in [2.75, 3.05) is 33.1 Å². The second-order valence-electron chi connectivity index (χ2n) is 6.10.